The average Bonchev–Trinajstić information content (AvgIpc) is 3.10. The minimum atomic E-state index is -3.55. The number of hydrazine groups is 1. The number of anilines is 1. The zero-order chi connectivity index (χ0) is 21.0. The Bertz CT molecular complexity index is 973. The van der Waals surface area contributed by atoms with Crippen molar-refractivity contribution in [1.29, 1.82) is 0 Å². The van der Waals surface area contributed by atoms with Crippen LogP contribution in [0.5, 0.6) is 0 Å². The van der Waals surface area contributed by atoms with Crippen molar-refractivity contribution in [3.63, 3.8) is 0 Å². The number of nitrogens with one attached hydrogen (secondary N) is 3. The molecule has 2 aromatic rings. The van der Waals surface area contributed by atoms with Crippen molar-refractivity contribution in [2.75, 3.05) is 18.4 Å². The fourth-order valence-electron chi connectivity index (χ4n) is 4.03. The van der Waals surface area contributed by atoms with E-state index >= 15 is 0 Å². The highest BCUT2D eigenvalue weighted by molar-refractivity contribution is 7.89. The van der Waals surface area contributed by atoms with Gasteiger partial charge >= 0.3 is 0 Å². The summed E-state index contributed by atoms with van der Waals surface area (Å²) in [6, 6.07) is 16.1. The van der Waals surface area contributed by atoms with Crippen LogP contribution in [0.2, 0.25) is 0 Å². The molecule has 0 saturated carbocycles. The molecule has 2 unspecified atom stereocenters. The molecule has 2 atom stereocenters. The van der Waals surface area contributed by atoms with Crippen LogP contribution in [0.4, 0.5) is 5.69 Å². The lowest BCUT2D eigenvalue weighted by Crippen LogP contribution is -2.39. The van der Waals surface area contributed by atoms with Crippen molar-refractivity contribution in [2.24, 2.45) is 0 Å². The van der Waals surface area contributed by atoms with Crippen LogP contribution < -0.4 is 16.2 Å². The van der Waals surface area contributed by atoms with Gasteiger partial charge in [0.25, 0.3) is 0 Å². The van der Waals surface area contributed by atoms with Gasteiger partial charge in [-0.3, -0.25) is 4.79 Å². The minimum absolute atomic E-state index is 0.0525. The van der Waals surface area contributed by atoms with Crippen LogP contribution in [-0.2, 0) is 14.8 Å². The van der Waals surface area contributed by atoms with E-state index in [-0.39, 0.29) is 16.8 Å². The summed E-state index contributed by atoms with van der Waals surface area (Å²) >= 11 is 0. The van der Waals surface area contributed by atoms with Gasteiger partial charge in [-0.25, -0.2) is 19.3 Å². The van der Waals surface area contributed by atoms with Crippen LogP contribution >= 0.6 is 0 Å². The minimum Gasteiger partial charge on any atom is -0.325 e. The SMILES string of the molecule is O=C(Nc1cccc(S(=O)(=O)N2CCCCCC2)c1)C1CC(c2ccccc2)NN1. The number of nitrogens with zero attached hydrogens (tertiary/aromatic N) is 1. The third kappa shape index (κ3) is 4.73. The zero-order valence-corrected chi connectivity index (χ0v) is 17.7. The molecule has 7 nitrogen and oxygen atoms in total. The maximum absolute atomic E-state index is 13.0. The lowest BCUT2D eigenvalue weighted by molar-refractivity contribution is -0.117. The monoisotopic (exact) mass is 428 g/mol. The molecule has 0 bridgehead atoms. The summed E-state index contributed by atoms with van der Waals surface area (Å²) in [7, 11) is -3.55. The average molecular weight is 429 g/mol. The van der Waals surface area contributed by atoms with E-state index in [1.165, 1.54) is 0 Å². The first-order valence-electron chi connectivity index (χ1n) is 10.5. The Morgan fingerprint density at radius 1 is 0.933 bits per heavy atom. The van der Waals surface area contributed by atoms with Gasteiger partial charge in [0.1, 0.15) is 6.04 Å². The third-order valence-corrected chi connectivity index (χ3v) is 7.62. The largest absolute Gasteiger partial charge is 0.325 e. The summed E-state index contributed by atoms with van der Waals surface area (Å²) in [4.78, 5) is 13.0. The molecule has 8 heteroatoms. The van der Waals surface area contributed by atoms with E-state index in [9.17, 15) is 13.2 Å². The van der Waals surface area contributed by atoms with Crippen LogP contribution in [0.3, 0.4) is 0 Å². The smallest absolute Gasteiger partial charge is 0.243 e. The molecule has 1 amide bonds. The van der Waals surface area contributed by atoms with Crippen LogP contribution in [0.1, 0.15) is 43.7 Å². The van der Waals surface area contributed by atoms with Crippen molar-refractivity contribution in [3.05, 3.63) is 60.2 Å². The van der Waals surface area contributed by atoms with E-state index in [1.54, 1.807) is 28.6 Å². The molecule has 0 aliphatic carbocycles. The third-order valence-electron chi connectivity index (χ3n) is 5.73. The van der Waals surface area contributed by atoms with E-state index < -0.39 is 16.1 Å². The van der Waals surface area contributed by atoms with Gasteiger partial charge in [-0.1, -0.05) is 49.2 Å². The Morgan fingerprint density at radius 3 is 2.40 bits per heavy atom. The van der Waals surface area contributed by atoms with Crippen molar-refractivity contribution >= 4 is 21.6 Å². The summed E-state index contributed by atoms with van der Waals surface area (Å²) in [5.74, 6) is -0.190. The Kier molecular flexibility index (Phi) is 6.48. The number of carbonyl (C=O) groups is 1. The molecule has 2 aliphatic heterocycles. The maximum atomic E-state index is 13.0. The molecular weight excluding hydrogens is 400 g/mol. The lowest BCUT2D eigenvalue weighted by atomic mass is 10.0. The highest BCUT2D eigenvalue weighted by Crippen LogP contribution is 2.25. The maximum Gasteiger partial charge on any atom is 0.243 e. The quantitative estimate of drug-likeness (QED) is 0.681. The first kappa shape index (κ1) is 21.0. The van der Waals surface area contributed by atoms with E-state index in [0.29, 0.717) is 25.2 Å². The Hall–Kier alpha value is -2.26. The Morgan fingerprint density at radius 2 is 1.67 bits per heavy atom. The van der Waals surface area contributed by atoms with Gasteiger partial charge in [0.15, 0.2) is 0 Å². The van der Waals surface area contributed by atoms with Gasteiger partial charge < -0.3 is 5.32 Å². The second kappa shape index (κ2) is 9.26. The van der Waals surface area contributed by atoms with E-state index in [4.69, 9.17) is 0 Å². The normalized spacial score (nSPS) is 23.1. The molecule has 30 heavy (non-hydrogen) atoms. The zero-order valence-electron chi connectivity index (χ0n) is 16.9. The van der Waals surface area contributed by atoms with Gasteiger partial charge in [0.2, 0.25) is 15.9 Å². The van der Waals surface area contributed by atoms with E-state index in [0.717, 1.165) is 31.2 Å². The number of rotatable bonds is 5. The van der Waals surface area contributed by atoms with Gasteiger partial charge in [0.05, 0.1) is 4.90 Å². The lowest BCUT2D eigenvalue weighted by Gasteiger charge is -2.20. The Labute approximate surface area is 177 Å². The fourth-order valence-corrected chi connectivity index (χ4v) is 5.59. The number of amides is 1. The molecule has 0 radical (unpaired) electrons. The summed E-state index contributed by atoms with van der Waals surface area (Å²) < 4.78 is 27.6. The number of sulfonamides is 1. The van der Waals surface area contributed by atoms with Gasteiger partial charge in [-0.15, -0.1) is 0 Å². The second-order valence-corrected chi connectivity index (χ2v) is 9.81. The van der Waals surface area contributed by atoms with Crippen LogP contribution in [0.15, 0.2) is 59.5 Å². The Balaban J connectivity index is 1.42. The number of hydrogen-bond donors (Lipinski definition) is 3. The number of carbonyl (C=O) groups excluding carboxylic acids is 1. The highest BCUT2D eigenvalue weighted by atomic mass is 32.2. The van der Waals surface area contributed by atoms with E-state index in [2.05, 4.69) is 16.2 Å². The van der Waals surface area contributed by atoms with Gasteiger partial charge in [0, 0.05) is 24.8 Å². The molecule has 4 rings (SSSR count). The van der Waals surface area contributed by atoms with Crippen molar-refractivity contribution in [1.82, 2.24) is 15.2 Å². The first-order chi connectivity index (χ1) is 14.5. The van der Waals surface area contributed by atoms with Crippen LogP contribution in [0, 0.1) is 0 Å². The van der Waals surface area contributed by atoms with Crippen LogP contribution in [-0.4, -0.2) is 37.8 Å². The predicted octanol–water partition coefficient (Wildman–Crippen LogP) is 2.80. The molecule has 2 saturated heterocycles. The van der Waals surface area contributed by atoms with Crippen molar-refractivity contribution < 1.29 is 13.2 Å². The summed E-state index contributed by atoms with van der Waals surface area (Å²) in [6.45, 7) is 1.11. The van der Waals surface area contributed by atoms with Crippen LogP contribution in [0.25, 0.3) is 0 Å². The number of hydrogen-bond acceptors (Lipinski definition) is 5. The molecule has 2 heterocycles. The molecule has 0 spiro atoms. The molecule has 0 aromatic heterocycles. The molecule has 160 valence electrons. The molecule has 3 N–H and O–H groups in total. The molecule has 2 aliphatic rings. The molecule has 2 aromatic carbocycles. The van der Waals surface area contributed by atoms with Crippen molar-refractivity contribution in [2.45, 2.75) is 49.1 Å². The van der Waals surface area contributed by atoms with Gasteiger partial charge in [-0.2, -0.15) is 4.31 Å². The predicted molar refractivity (Wildman–Crippen MR) is 116 cm³/mol. The number of benzene rings is 2. The first-order valence-corrected chi connectivity index (χ1v) is 11.9. The standard InChI is InChI=1S/C22H28N4O3S/c27-22(21-16-20(24-25-21)17-9-4-3-5-10-17)23-18-11-8-12-19(15-18)30(28,29)26-13-6-1-2-7-14-26/h3-5,8-12,15,20-21,24-25H,1-2,6-7,13-14,16H2,(H,23,27). The molecule has 2 fully saturated rings. The van der Waals surface area contributed by atoms with Crippen molar-refractivity contribution in [3.8, 4) is 0 Å². The summed E-state index contributed by atoms with van der Waals surface area (Å²) in [5, 5.41) is 2.86. The van der Waals surface area contributed by atoms with Gasteiger partial charge in [-0.05, 0) is 43.0 Å². The second-order valence-electron chi connectivity index (χ2n) is 7.88. The topological polar surface area (TPSA) is 90.5 Å². The highest BCUT2D eigenvalue weighted by Gasteiger charge is 2.30. The summed E-state index contributed by atoms with van der Waals surface area (Å²) in [5.41, 5.74) is 7.80. The molecular formula is C22H28N4O3S. The summed E-state index contributed by atoms with van der Waals surface area (Å²) in [6.07, 6.45) is 4.52. The fraction of sp³-hybridized carbons (Fsp3) is 0.409. The van der Waals surface area contributed by atoms with E-state index in [1.807, 2.05) is 30.3 Å².